The molecule has 1 saturated heterocycles. The van der Waals surface area contributed by atoms with E-state index in [-0.39, 0.29) is 25.0 Å². The Morgan fingerprint density at radius 2 is 2.06 bits per heavy atom. The lowest BCUT2D eigenvalue weighted by Crippen LogP contribution is -2.80. The first kappa shape index (κ1) is 22.9. The Hall–Kier alpha value is -2.58. The molecule has 6 rings (SSSR count). The number of carbonyl (C=O) groups is 2. The highest BCUT2D eigenvalue weighted by Crippen LogP contribution is 2.67. The number of aliphatic carboxylic acids is 2. The molecule has 0 amide bonds. The standard InChI is InChI=1S/C27H34N2O6/c1-15-9-10-27(34)20-13-17-5-6-18(28-19(25(32)33)7-8-21(30)31)23-22(17)26(27,24(15)35-23)11-12-29(20,2)14-16-3-4-16/h5-6,16,19-20,24,28,34H,1,3-4,7-14H2,2H3,(H-,30,31,32,33)/p+1/t19-,20+,24-,26-,27+,29?/m0/s1. The Balaban J connectivity index is 1.44. The third-order valence-electron chi connectivity index (χ3n) is 9.72. The third kappa shape index (κ3) is 3.12. The van der Waals surface area contributed by atoms with Crippen molar-refractivity contribution in [3.8, 4) is 5.75 Å². The highest BCUT2D eigenvalue weighted by Gasteiger charge is 2.75. The van der Waals surface area contributed by atoms with Gasteiger partial charge in [-0.25, -0.2) is 4.79 Å². The number of anilines is 1. The number of aliphatic hydroxyl groups is 1. The van der Waals surface area contributed by atoms with Crippen molar-refractivity contribution in [2.45, 2.75) is 80.6 Å². The molecule has 4 N–H and O–H groups in total. The number of nitrogens with one attached hydrogen (secondary N) is 1. The van der Waals surface area contributed by atoms with Crippen LogP contribution in [-0.4, -0.2) is 75.7 Å². The van der Waals surface area contributed by atoms with Crippen LogP contribution in [0.15, 0.2) is 24.3 Å². The Kier molecular flexibility index (Phi) is 4.87. The van der Waals surface area contributed by atoms with Crippen LogP contribution >= 0.6 is 0 Å². The van der Waals surface area contributed by atoms with E-state index in [4.69, 9.17) is 9.84 Å². The van der Waals surface area contributed by atoms with Gasteiger partial charge in [0.15, 0.2) is 0 Å². The second kappa shape index (κ2) is 7.46. The van der Waals surface area contributed by atoms with Crippen LogP contribution in [-0.2, 0) is 21.4 Å². The van der Waals surface area contributed by atoms with Crippen molar-refractivity contribution in [3.63, 3.8) is 0 Å². The average Bonchev–Trinajstić information content (AvgIpc) is 3.52. The zero-order valence-electron chi connectivity index (χ0n) is 20.3. The van der Waals surface area contributed by atoms with E-state index in [1.165, 1.54) is 18.4 Å². The Bertz CT molecular complexity index is 1130. The SMILES string of the molecule is C=C1CC[C@@]2(O)[C@H]3Cc4ccc(N[C@@H](CCC(=O)O)C(=O)O)c5c4[C@@]2(CC[N+]3(C)CC2CC2)[C@H]1O5. The van der Waals surface area contributed by atoms with E-state index in [1.54, 1.807) is 0 Å². The zero-order valence-corrected chi connectivity index (χ0v) is 20.3. The van der Waals surface area contributed by atoms with Gasteiger partial charge < -0.3 is 29.9 Å². The largest absolute Gasteiger partial charge is 0.483 e. The van der Waals surface area contributed by atoms with Gasteiger partial charge in [-0.3, -0.25) is 4.79 Å². The predicted molar refractivity (Wildman–Crippen MR) is 129 cm³/mol. The van der Waals surface area contributed by atoms with Crippen LogP contribution in [0.5, 0.6) is 5.75 Å². The summed E-state index contributed by atoms with van der Waals surface area (Å²) in [6, 6.07) is 2.97. The number of rotatable bonds is 8. The second-order valence-corrected chi connectivity index (χ2v) is 11.8. The van der Waals surface area contributed by atoms with Crippen molar-refractivity contribution in [3.05, 3.63) is 35.4 Å². The summed E-state index contributed by atoms with van der Waals surface area (Å²) < 4.78 is 7.51. The van der Waals surface area contributed by atoms with E-state index in [2.05, 4.69) is 25.0 Å². The van der Waals surface area contributed by atoms with Crippen LogP contribution in [0.4, 0.5) is 5.69 Å². The molecular weight excluding hydrogens is 448 g/mol. The normalized spacial score (nSPS) is 37.3. The second-order valence-electron chi connectivity index (χ2n) is 11.8. The fourth-order valence-electron chi connectivity index (χ4n) is 7.91. The lowest BCUT2D eigenvalue weighted by Gasteiger charge is -2.65. The van der Waals surface area contributed by atoms with E-state index < -0.39 is 29.0 Å². The van der Waals surface area contributed by atoms with Gasteiger partial charge in [0.05, 0.1) is 31.2 Å². The number of hydrogen-bond donors (Lipinski definition) is 4. The fourth-order valence-corrected chi connectivity index (χ4v) is 7.91. The van der Waals surface area contributed by atoms with E-state index >= 15 is 0 Å². The first-order valence-corrected chi connectivity index (χ1v) is 12.9. The van der Waals surface area contributed by atoms with Gasteiger partial charge in [0, 0.05) is 30.7 Å². The molecular formula is C27H35N2O6+. The number of nitrogens with zero attached hydrogens (tertiary/aromatic N) is 1. The van der Waals surface area contributed by atoms with Crippen molar-refractivity contribution in [1.29, 1.82) is 0 Å². The van der Waals surface area contributed by atoms with Crippen molar-refractivity contribution < 1.29 is 34.1 Å². The van der Waals surface area contributed by atoms with Gasteiger partial charge in [0.2, 0.25) is 0 Å². The average molecular weight is 484 g/mol. The smallest absolute Gasteiger partial charge is 0.326 e. The van der Waals surface area contributed by atoms with Crippen molar-refractivity contribution >= 4 is 17.6 Å². The zero-order chi connectivity index (χ0) is 24.8. The molecule has 1 unspecified atom stereocenters. The summed E-state index contributed by atoms with van der Waals surface area (Å²) in [6.07, 6.45) is 4.92. The maximum atomic E-state index is 12.6. The van der Waals surface area contributed by atoms with Crippen molar-refractivity contribution in [1.82, 2.24) is 0 Å². The molecule has 3 fully saturated rings. The molecule has 5 aliphatic rings. The molecule has 2 saturated carbocycles. The van der Waals surface area contributed by atoms with Gasteiger partial charge in [-0.2, -0.15) is 0 Å². The number of benzene rings is 1. The first-order valence-electron chi connectivity index (χ1n) is 12.9. The molecule has 0 aromatic heterocycles. The number of likely N-dealkylation sites (N-methyl/N-ethyl adjacent to an activating group) is 1. The molecule has 188 valence electrons. The summed E-state index contributed by atoms with van der Waals surface area (Å²) in [5.74, 6) is -0.755. The molecule has 6 atom stereocenters. The maximum Gasteiger partial charge on any atom is 0.326 e. The van der Waals surface area contributed by atoms with Gasteiger partial charge in [-0.15, -0.1) is 0 Å². The molecule has 8 heteroatoms. The predicted octanol–water partition coefficient (Wildman–Crippen LogP) is 2.68. The van der Waals surface area contributed by atoms with Gasteiger partial charge in [-0.05, 0) is 49.3 Å². The molecule has 8 nitrogen and oxygen atoms in total. The Morgan fingerprint density at radius 3 is 2.74 bits per heavy atom. The number of quaternary nitrogens is 1. The van der Waals surface area contributed by atoms with E-state index in [0.29, 0.717) is 24.3 Å². The number of piperidine rings is 1. The number of carboxylic acids is 2. The van der Waals surface area contributed by atoms with E-state index in [1.807, 2.05) is 6.07 Å². The van der Waals surface area contributed by atoms with Crippen LogP contribution in [0, 0.1) is 5.92 Å². The number of hydrogen-bond acceptors (Lipinski definition) is 5. The number of likely N-dealkylation sites (tertiary alicyclic amines) is 1. The molecule has 3 aliphatic carbocycles. The summed E-state index contributed by atoms with van der Waals surface area (Å²) in [6.45, 7) is 6.43. The summed E-state index contributed by atoms with van der Waals surface area (Å²) in [5.41, 5.74) is 2.26. The van der Waals surface area contributed by atoms with Crippen LogP contribution < -0.4 is 10.1 Å². The van der Waals surface area contributed by atoms with Crippen LogP contribution in [0.25, 0.3) is 0 Å². The lowest BCUT2D eigenvalue weighted by atomic mass is 9.48. The monoisotopic (exact) mass is 483 g/mol. The summed E-state index contributed by atoms with van der Waals surface area (Å²) >= 11 is 0. The van der Waals surface area contributed by atoms with Crippen LogP contribution in [0.2, 0.25) is 0 Å². The van der Waals surface area contributed by atoms with E-state index in [9.17, 15) is 19.8 Å². The molecule has 35 heavy (non-hydrogen) atoms. The Labute approximate surface area is 205 Å². The van der Waals surface area contributed by atoms with Crippen molar-refractivity contribution in [2.75, 3.05) is 25.5 Å². The topological polar surface area (TPSA) is 116 Å². The highest BCUT2D eigenvalue weighted by molar-refractivity contribution is 5.81. The highest BCUT2D eigenvalue weighted by atomic mass is 16.5. The first-order chi connectivity index (χ1) is 16.6. The van der Waals surface area contributed by atoms with Gasteiger partial charge in [-0.1, -0.05) is 12.6 Å². The summed E-state index contributed by atoms with van der Waals surface area (Å²) in [5, 5.41) is 34.4. The maximum absolute atomic E-state index is 12.6. The minimum Gasteiger partial charge on any atom is -0.483 e. The fraction of sp³-hybridized carbons (Fsp3) is 0.630. The Morgan fingerprint density at radius 1 is 1.29 bits per heavy atom. The number of ether oxygens (including phenoxy) is 1. The van der Waals surface area contributed by atoms with Crippen LogP contribution in [0.3, 0.4) is 0 Å². The van der Waals surface area contributed by atoms with Crippen molar-refractivity contribution in [2.24, 2.45) is 5.92 Å². The van der Waals surface area contributed by atoms with Gasteiger partial charge in [0.25, 0.3) is 0 Å². The number of carboxylic acid groups (broad SMARTS) is 2. The molecule has 1 spiro atoms. The molecule has 2 bridgehead atoms. The molecule has 0 radical (unpaired) electrons. The third-order valence-corrected chi connectivity index (χ3v) is 9.72. The summed E-state index contributed by atoms with van der Waals surface area (Å²) in [4.78, 5) is 22.9. The quantitative estimate of drug-likeness (QED) is 0.332. The van der Waals surface area contributed by atoms with Crippen LogP contribution in [0.1, 0.15) is 56.1 Å². The lowest BCUT2D eigenvalue weighted by molar-refractivity contribution is -0.950. The molecule has 1 aromatic carbocycles. The minimum atomic E-state index is -1.10. The molecule has 2 aliphatic heterocycles. The minimum absolute atomic E-state index is 0.0362. The summed E-state index contributed by atoms with van der Waals surface area (Å²) in [7, 11) is 2.32. The van der Waals surface area contributed by atoms with E-state index in [0.717, 1.165) is 47.5 Å². The van der Waals surface area contributed by atoms with Gasteiger partial charge in [0.1, 0.15) is 29.5 Å². The molecule has 1 aromatic rings. The van der Waals surface area contributed by atoms with Gasteiger partial charge >= 0.3 is 11.9 Å². The molecule has 2 heterocycles.